The summed E-state index contributed by atoms with van der Waals surface area (Å²) in [4.78, 5) is 28.7. The molecule has 3 aromatic rings. The molecule has 0 aliphatic carbocycles. The Hall–Kier alpha value is -3.42. The maximum atomic E-state index is 13.6. The van der Waals surface area contributed by atoms with Crippen molar-refractivity contribution in [1.82, 2.24) is 14.9 Å². The van der Waals surface area contributed by atoms with Crippen LogP contribution in [-0.2, 0) is 0 Å². The van der Waals surface area contributed by atoms with Gasteiger partial charge in [-0.15, -0.1) is 0 Å². The van der Waals surface area contributed by atoms with Gasteiger partial charge in [0.15, 0.2) is 0 Å². The molecule has 0 saturated carbocycles. The molecule has 0 atom stereocenters. The van der Waals surface area contributed by atoms with E-state index in [0.29, 0.717) is 31.8 Å². The van der Waals surface area contributed by atoms with Gasteiger partial charge in [-0.2, -0.15) is 0 Å². The first kappa shape index (κ1) is 23.9. The van der Waals surface area contributed by atoms with Gasteiger partial charge in [-0.3, -0.25) is 0 Å². The minimum absolute atomic E-state index is 0.0402. The zero-order valence-corrected chi connectivity index (χ0v) is 21.3. The van der Waals surface area contributed by atoms with Gasteiger partial charge in [0, 0.05) is 67.6 Å². The van der Waals surface area contributed by atoms with Gasteiger partial charge in [0.2, 0.25) is 0 Å². The van der Waals surface area contributed by atoms with Crippen molar-refractivity contribution in [2.24, 2.45) is 0 Å². The van der Waals surface area contributed by atoms with Crippen molar-refractivity contribution in [1.29, 1.82) is 0 Å². The van der Waals surface area contributed by atoms with Crippen LogP contribution in [0.1, 0.15) is 50.1 Å². The summed E-state index contributed by atoms with van der Waals surface area (Å²) >= 11 is 0. The number of piperidine rings is 2. The van der Waals surface area contributed by atoms with Crippen LogP contribution in [0.5, 0.6) is 0 Å². The highest BCUT2D eigenvalue weighted by Crippen LogP contribution is 2.33. The summed E-state index contributed by atoms with van der Waals surface area (Å²) in [6.07, 6.45) is 6.39. The summed E-state index contributed by atoms with van der Waals surface area (Å²) in [5, 5.41) is 4.14. The van der Waals surface area contributed by atoms with Crippen LogP contribution in [0.4, 0.5) is 26.2 Å². The molecule has 2 amide bonds. The van der Waals surface area contributed by atoms with Gasteiger partial charge < -0.3 is 20.0 Å². The van der Waals surface area contributed by atoms with Crippen molar-refractivity contribution in [2.75, 3.05) is 54.4 Å². The Balaban J connectivity index is 1.07. The average Bonchev–Trinajstić information content (AvgIpc) is 3.49. The standard InChI is InChI=1S/C29H35FN6O/c30-22-11-17-35(18-12-22)25-7-8-26-27(19-25)31-20-32-28(26)21-9-15-36(16-10-21)29(37)33-23-3-5-24(6-4-23)34-13-1-2-14-34/h3-8,19-22H,1-2,9-18H2,(H,33,37). The third-order valence-electron chi connectivity index (χ3n) is 8.20. The Morgan fingerprint density at radius 3 is 2.22 bits per heavy atom. The maximum Gasteiger partial charge on any atom is 0.321 e. The van der Waals surface area contributed by atoms with Crippen molar-refractivity contribution >= 4 is 34.0 Å². The Bertz CT molecular complexity index is 1230. The van der Waals surface area contributed by atoms with Crippen LogP contribution in [0.2, 0.25) is 0 Å². The number of benzene rings is 2. The van der Waals surface area contributed by atoms with E-state index in [1.54, 1.807) is 6.33 Å². The molecule has 8 heteroatoms. The molecule has 2 aromatic carbocycles. The molecule has 3 aliphatic heterocycles. The van der Waals surface area contributed by atoms with Crippen molar-refractivity contribution < 1.29 is 9.18 Å². The third kappa shape index (κ3) is 5.20. The highest BCUT2D eigenvalue weighted by atomic mass is 19.1. The van der Waals surface area contributed by atoms with E-state index in [-0.39, 0.29) is 6.03 Å². The van der Waals surface area contributed by atoms with Crippen molar-refractivity contribution in [3.8, 4) is 0 Å². The zero-order valence-electron chi connectivity index (χ0n) is 21.3. The molecule has 1 N–H and O–H groups in total. The molecule has 0 radical (unpaired) electrons. The molecule has 3 fully saturated rings. The van der Waals surface area contributed by atoms with Crippen molar-refractivity contribution in [3.63, 3.8) is 0 Å². The predicted molar refractivity (Wildman–Crippen MR) is 146 cm³/mol. The van der Waals surface area contributed by atoms with Gasteiger partial charge in [0.1, 0.15) is 12.5 Å². The number of carbonyl (C=O) groups is 1. The molecule has 4 heterocycles. The molecule has 1 aromatic heterocycles. The first-order valence-electron chi connectivity index (χ1n) is 13.7. The highest BCUT2D eigenvalue weighted by molar-refractivity contribution is 5.89. The lowest BCUT2D eigenvalue weighted by Crippen LogP contribution is -2.40. The number of urea groups is 1. The number of fused-ring (bicyclic) bond motifs is 1. The summed E-state index contributed by atoms with van der Waals surface area (Å²) in [5.74, 6) is 0.294. The minimum atomic E-state index is -0.682. The van der Waals surface area contributed by atoms with Crippen LogP contribution in [-0.4, -0.2) is 66.3 Å². The molecular weight excluding hydrogens is 467 g/mol. The lowest BCUT2D eigenvalue weighted by atomic mass is 9.91. The number of aromatic nitrogens is 2. The monoisotopic (exact) mass is 502 g/mol. The van der Waals surface area contributed by atoms with E-state index in [0.717, 1.165) is 67.0 Å². The van der Waals surface area contributed by atoms with Crippen LogP contribution >= 0.6 is 0 Å². The fraction of sp³-hybridized carbons (Fsp3) is 0.483. The molecular formula is C29H35FN6O. The van der Waals surface area contributed by atoms with Crippen molar-refractivity contribution in [2.45, 2.75) is 50.6 Å². The van der Waals surface area contributed by atoms with Gasteiger partial charge in [0.05, 0.1) is 11.2 Å². The quantitative estimate of drug-likeness (QED) is 0.505. The minimum Gasteiger partial charge on any atom is -0.372 e. The Morgan fingerprint density at radius 1 is 0.811 bits per heavy atom. The van der Waals surface area contributed by atoms with Crippen LogP contribution in [0.3, 0.4) is 0 Å². The zero-order chi connectivity index (χ0) is 25.2. The topological polar surface area (TPSA) is 64.6 Å². The number of nitrogens with one attached hydrogen (secondary N) is 1. The fourth-order valence-electron chi connectivity index (χ4n) is 5.98. The fourth-order valence-corrected chi connectivity index (χ4v) is 5.98. The van der Waals surface area contributed by atoms with E-state index in [9.17, 15) is 9.18 Å². The number of hydrogen-bond donors (Lipinski definition) is 1. The number of amides is 2. The Morgan fingerprint density at radius 2 is 1.49 bits per heavy atom. The van der Waals surface area contributed by atoms with E-state index in [1.807, 2.05) is 17.0 Å². The second kappa shape index (κ2) is 10.5. The highest BCUT2D eigenvalue weighted by Gasteiger charge is 2.27. The first-order valence-corrected chi connectivity index (χ1v) is 13.7. The molecule has 3 saturated heterocycles. The number of halogens is 1. The van der Waals surface area contributed by atoms with Crippen LogP contribution in [0, 0.1) is 0 Å². The van der Waals surface area contributed by atoms with Gasteiger partial charge >= 0.3 is 6.03 Å². The second-order valence-corrected chi connectivity index (χ2v) is 10.6. The predicted octanol–water partition coefficient (Wildman–Crippen LogP) is 5.58. The third-order valence-corrected chi connectivity index (χ3v) is 8.20. The number of anilines is 3. The SMILES string of the molecule is O=C(Nc1ccc(N2CCCC2)cc1)N1CCC(c2ncnc3cc(N4CCC(F)CC4)ccc23)CC1. The normalized spacial score (nSPS) is 19.5. The lowest BCUT2D eigenvalue weighted by Gasteiger charge is -2.32. The molecule has 6 rings (SSSR count). The number of carbonyl (C=O) groups excluding carboxylic acids is 1. The number of nitrogens with zero attached hydrogens (tertiary/aromatic N) is 5. The van der Waals surface area contributed by atoms with Gasteiger partial charge in [0.25, 0.3) is 0 Å². The van der Waals surface area contributed by atoms with Crippen LogP contribution in [0.25, 0.3) is 10.9 Å². The molecule has 3 aliphatic rings. The summed E-state index contributed by atoms with van der Waals surface area (Å²) in [6, 6.07) is 14.5. The summed E-state index contributed by atoms with van der Waals surface area (Å²) in [7, 11) is 0. The molecule has 0 bridgehead atoms. The van der Waals surface area contributed by atoms with Gasteiger partial charge in [-0.05, 0) is 81.0 Å². The molecule has 7 nitrogen and oxygen atoms in total. The van der Waals surface area contributed by atoms with E-state index in [1.165, 1.54) is 18.5 Å². The van der Waals surface area contributed by atoms with E-state index in [4.69, 9.17) is 0 Å². The van der Waals surface area contributed by atoms with Crippen LogP contribution < -0.4 is 15.1 Å². The summed E-state index contributed by atoms with van der Waals surface area (Å²) in [6.45, 7) is 5.11. The van der Waals surface area contributed by atoms with E-state index >= 15 is 0 Å². The van der Waals surface area contributed by atoms with Gasteiger partial charge in [-0.25, -0.2) is 19.2 Å². The molecule has 0 spiro atoms. The summed E-state index contributed by atoms with van der Waals surface area (Å²) in [5.41, 5.74) is 5.16. The Kier molecular flexibility index (Phi) is 6.81. The van der Waals surface area contributed by atoms with E-state index in [2.05, 4.69) is 55.4 Å². The maximum absolute atomic E-state index is 13.6. The smallest absolute Gasteiger partial charge is 0.321 e. The van der Waals surface area contributed by atoms with Crippen molar-refractivity contribution in [3.05, 3.63) is 54.5 Å². The average molecular weight is 503 g/mol. The molecule has 0 unspecified atom stereocenters. The van der Waals surface area contributed by atoms with E-state index < -0.39 is 6.17 Å². The number of likely N-dealkylation sites (tertiary alicyclic amines) is 1. The first-order chi connectivity index (χ1) is 18.1. The number of rotatable bonds is 4. The number of alkyl halides is 1. The largest absolute Gasteiger partial charge is 0.372 e. The molecule has 37 heavy (non-hydrogen) atoms. The second-order valence-electron chi connectivity index (χ2n) is 10.6. The Labute approximate surface area is 217 Å². The van der Waals surface area contributed by atoms with Crippen LogP contribution in [0.15, 0.2) is 48.8 Å². The molecule has 194 valence electrons. The summed E-state index contributed by atoms with van der Waals surface area (Å²) < 4.78 is 13.6. The van der Waals surface area contributed by atoms with Gasteiger partial charge in [-0.1, -0.05) is 0 Å². The number of hydrogen-bond acceptors (Lipinski definition) is 5. The lowest BCUT2D eigenvalue weighted by molar-refractivity contribution is 0.194.